The molecule has 2 aromatic rings. The first-order valence-electron chi connectivity index (χ1n) is 8.39. The molecule has 7 heteroatoms. The third-order valence-electron chi connectivity index (χ3n) is 4.58. The van der Waals surface area contributed by atoms with Crippen LogP contribution in [-0.2, 0) is 4.79 Å². The Balaban J connectivity index is 1.67. The number of imidazole rings is 1. The Morgan fingerprint density at radius 2 is 2.04 bits per heavy atom. The Morgan fingerprint density at radius 3 is 2.72 bits per heavy atom. The van der Waals surface area contributed by atoms with Crippen LogP contribution in [0.2, 0.25) is 10.0 Å². The molecule has 0 aliphatic heterocycles. The van der Waals surface area contributed by atoms with E-state index in [9.17, 15) is 4.79 Å². The van der Waals surface area contributed by atoms with Crippen LogP contribution >= 0.6 is 35.0 Å². The third-order valence-corrected chi connectivity index (χ3v) is 6.08. The van der Waals surface area contributed by atoms with Gasteiger partial charge >= 0.3 is 0 Å². The van der Waals surface area contributed by atoms with E-state index in [0.29, 0.717) is 27.5 Å². The number of anilines is 1. The molecule has 1 aliphatic carbocycles. The fraction of sp³-hybridized carbons (Fsp3) is 0.444. The van der Waals surface area contributed by atoms with E-state index >= 15 is 0 Å². The summed E-state index contributed by atoms with van der Waals surface area (Å²) >= 11 is 13.5. The lowest BCUT2D eigenvalue weighted by Crippen LogP contribution is -2.15. The van der Waals surface area contributed by atoms with Crippen molar-refractivity contribution in [3.63, 3.8) is 0 Å². The van der Waals surface area contributed by atoms with Crippen molar-refractivity contribution >= 4 is 46.6 Å². The van der Waals surface area contributed by atoms with E-state index < -0.39 is 0 Å². The van der Waals surface area contributed by atoms with Crippen LogP contribution in [0.15, 0.2) is 23.4 Å². The van der Waals surface area contributed by atoms with E-state index in [1.807, 2.05) is 6.92 Å². The lowest BCUT2D eigenvalue weighted by Gasteiger charge is -2.17. The zero-order valence-electron chi connectivity index (χ0n) is 14.3. The molecule has 1 aromatic heterocycles. The number of aryl methyl sites for hydroxylation is 1. The highest BCUT2D eigenvalue weighted by atomic mass is 35.5. The van der Waals surface area contributed by atoms with Gasteiger partial charge in [-0.2, -0.15) is 0 Å². The molecule has 1 aliphatic rings. The highest BCUT2D eigenvalue weighted by molar-refractivity contribution is 7.99. The van der Waals surface area contributed by atoms with E-state index in [-0.39, 0.29) is 5.91 Å². The van der Waals surface area contributed by atoms with Crippen molar-refractivity contribution < 1.29 is 4.79 Å². The van der Waals surface area contributed by atoms with Gasteiger partial charge in [0, 0.05) is 16.8 Å². The number of aromatic nitrogens is 2. The second-order valence-corrected chi connectivity index (χ2v) is 8.12. The summed E-state index contributed by atoms with van der Waals surface area (Å²) in [6.07, 6.45) is 4.91. The van der Waals surface area contributed by atoms with Crippen LogP contribution in [0.3, 0.4) is 0 Å². The maximum Gasteiger partial charge on any atom is 0.234 e. The number of nitrogens with one attached hydrogen (secondary N) is 1. The lowest BCUT2D eigenvalue weighted by atomic mass is 10.2. The molecular formula is C18H21Cl2N3OS. The standard InChI is InChI=1S/C18H21Cl2N3OS/c1-11-12(2)23(14-5-3-4-6-14)18(21-11)25-10-17(24)22-16-8-7-13(19)9-15(16)20/h7-9,14H,3-6,10H2,1-2H3,(H,22,24). The maximum absolute atomic E-state index is 12.3. The van der Waals surface area contributed by atoms with Crippen LogP contribution in [0, 0.1) is 13.8 Å². The largest absolute Gasteiger partial charge is 0.324 e. The summed E-state index contributed by atoms with van der Waals surface area (Å²) in [5.41, 5.74) is 2.81. The normalized spacial score (nSPS) is 14.9. The first kappa shape index (κ1) is 18.6. The Labute approximate surface area is 162 Å². The van der Waals surface area contributed by atoms with Crippen LogP contribution < -0.4 is 5.32 Å². The van der Waals surface area contributed by atoms with Gasteiger partial charge in [-0.05, 0) is 44.9 Å². The molecule has 1 aromatic carbocycles. The molecule has 0 bridgehead atoms. The Bertz CT molecular complexity index is 785. The number of benzene rings is 1. The van der Waals surface area contributed by atoms with Gasteiger partial charge in [-0.25, -0.2) is 4.98 Å². The second-order valence-electron chi connectivity index (χ2n) is 6.33. The predicted molar refractivity (Wildman–Crippen MR) is 105 cm³/mol. The molecule has 1 N–H and O–H groups in total. The number of hydrogen-bond donors (Lipinski definition) is 1. The molecule has 1 fully saturated rings. The van der Waals surface area contributed by atoms with Crippen molar-refractivity contribution in [2.24, 2.45) is 0 Å². The Hall–Kier alpha value is -1.17. The highest BCUT2D eigenvalue weighted by Crippen LogP contribution is 2.35. The van der Waals surface area contributed by atoms with Gasteiger partial charge in [0.2, 0.25) is 5.91 Å². The number of nitrogens with zero attached hydrogens (tertiary/aromatic N) is 2. The van der Waals surface area contributed by atoms with Crippen molar-refractivity contribution in [1.29, 1.82) is 0 Å². The van der Waals surface area contributed by atoms with E-state index in [4.69, 9.17) is 23.2 Å². The fourth-order valence-electron chi connectivity index (χ4n) is 3.20. The topological polar surface area (TPSA) is 46.9 Å². The Morgan fingerprint density at radius 1 is 1.32 bits per heavy atom. The van der Waals surface area contributed by atoms with Crippen LogP contribution in [-0.4, -0.2) is 21.2 Å². The molecule has 1 heterocycles. The molecule has 3 rings (SSSR count). The first-order valence-corrected chi connectivity index (χ1v) is 10.1. The quantitative estimate of drug-likeness (QED) is 0.662. The third kappa shape index (κ3) is 4.33. The summed E-state index contributed by atoms with van der Waals surface area (Å²) in [5.74, 6) is 0.187. The summed E-state index contributed by atoms with van der Waals surface area (Å²) in [6, 6.07) is 5.54. The minimum atomic E-state index is -0.106. The summed E-state index contributed by atoms with van der Waals surface area (Å²) in [7, 11) is 0. The fourth-order valence-corrected chi connectivity index (χ4v) is 4.61. The highest BCUT2D eigenvalue weighted by Gasteiger charge is 2.23. The zero-order chi connectivity index (χ0) is 18.0. The Kier molecular flexibility index (Phi) is 5.97. The smallest absolute Gasteiger partial charge is 0.234 e. The first-order chi connectivity index (χ1) is 12.0. The lowest BCUT2D eigenvalue weighted by molar-refractivity contribution is -0.113. The van der Waals surface area contributed by atoms with Crippen molar-refractivity contribution in [3.8, 4) is 0 Å². The van der Waals surface area contributed by atoms with Crippen molar-refractivity contribution in [2.75, 3.05) is 11.1 Å². The molecule has 134 valence electrons. The second kappa shape index (κ2) is 8.02. The molecule has 0 atom stereocenters. The SMILES string of the molecule is Cc1nc(SCC(=O)Nc2ccc(Cl)cc2Cl)n(C2CCCC2)c1C. The molecule has 1 saturated carbocycles. The summed E-state index contributed by atoms with van der Waals surface area (Å²) in [5, 5.41) is 4.74. The summed E-state index contributed by atoms with van der Waals surface area (Å²) in [6.45, 7) is 4.14. The minimum absolute atomic E-state index is 0.106. The maximum atomic E-state index is 12.3. The van der Waals surface area contributed by atoms with Gasteiger partial charge in [-0.1, -0.05) is 47.8 Å². The number of carbonyl (C=O) groups excluding carboxylic acids is 1. The van der Waals surface area contributed by atoms with Gasteiger partial charge in [0.1, 0.15) is 0 Å². The number of carbonyl (C=O) groups is 1. The number of thioether (sulfide) groups is 1. The van der Waals surface area contributed by atoms with Crippen LogP contribution in [0.1, 0.15) is 43.1 Å². The molecule has 0 radical (unpaired) electrons. The number of halogens is 2. The predicted octanol–water partition coefficient (Wildman–Crippen LogP) is 5.65. The molecule has 0 saturated heterocycles. The van der Waals surface area contributed by atoms with E-state index in [2.05, 4.69) is 21.8 Å². The van der Waals surface area contributed by atoms with Crippen LogP contribution in [0.4, 0.5) is 5.69 Å². The van der Waals surface area contributed by atoms with Gasteiger partial charge < -0.3 is 9.88 Å². The zero-order valence-corrected chi connectivity index (χ0v) is 16.6. The van der Waals surface area contributed by atoms with Crippen molar-refractivity contribution in [3.05, 3.63) is 39.6 Å². The molecule has 4 nitrogen and oxygen atoms in total. The monoisotopic (exact) mass is 397 g/mol. The van der Waals surface area contributed by atoms with Crippen molar-refractivity contribution in [2.45, 2.75) is 50.7 Å². The number of rotatable bonds is 5. The summed E-state index contributed by atoms with van der Waals surface area (Å²) < 4.78 is 2.32. The van der Waals surface area contributed by atoms with Crippen LogP contribution in [0.5, 0.6) is 0 Å². The van der Waals surface area contributed by atoms with Gasteiger partial charge in [-0.15, -0.1) is 0 Å². The van der Waals surface area contributed by atoms with E-state index in [1.165, 1.54) is 43.1 Å². The van der Waals surface area contributed by atoms with Gasteiger partial charge in [0.25, 0.3) is 0 Å². The molecule has 1 amide bonds. The van der Waals surface area contributed by atoms with Gasteiger partial charge in [0.05, 0.1) is 22.2 Å². The number of hydrogen-bond acceptors (Lipinski definition) is 3. The average Bonchev–Trinajstić information content (AvgIpc) is 3.17. The van der Waals surface area contributed by atoms with Gasteiger partial charge in [0.15, 0.2) is 5.16 Å². The minimum Gasteiger partial charge on any atom is -0.324 e. The van der Waals surface area contributed by atoms with Crippen molar-refractivity contribution in [1.82, 2.24) is 9.55 Å². The van der Waals surface area contributed by atoms with Gasteiger partial charge in [-0.3, -0.25) is 4.79 Å². The van der Waals surface area contributed by atoms with E-state index in [1.54, 1.807) is 18.2 Å². The number of amides is 1. The molecule has 25 heavy (non-hydrogen) atoms. The molecular weight excluding hydrogens is 377 g/mol. The molecule has 0 spiro atoms. The van der Waals surface area contributed by atoms with E-state index in [0.717, 1.165) is 10.9 Å². The van der Waals surface area contributed by atoms with Crippen LogP contribution in [0.25, 0.3) is 0 Å². The average molecular weight is 398 g/mol. The molecule has 0 unspecified atom stereocenters. The summed E-state index contributed by atoms with van der Waals surface area (Å²) in [4.78, 5) is 17.0.